The fraction of sp³-hybridized carbons (Fsp3) is 0.143. The highest BCUT2D eigenvalue weighted by molar-refractivity contribution is 9.10. The van der Waals surface area contributed by atoms with Gasteiger partial charge >= 0.3 is 0 Å². The summed E-state index contributed by atoms with van der Waals surface area (Å²) in [6.07, 6.45) is 0. The van der Waals surface area contributed by atoms with Crippen molar-refractivity contribution in [2.24, 2.45) is 5.73 Å². The Bertz CT molecular complexity index is 277. The molecule has 4 heteroatoms. The van der Waals surface area contributed by atoms with Crippen molar-refractivity contribution in [2.45, 2.75) is 6.54 Å². The average Bonchev–Trinajstić information content (AvgIpc) is 2.01. The van der Waals surface area contributed by atoms with E-state index in [0.717, 1.165) is 0 Å². The number of phenols is 1. The Morgan fingerprint density at radius 2 is 2.18 bits per heavy atom. The van der Waals surface area contributed by atoms with Crippen LogP contribution >= 0.6 is 15.9 Å². The lowest BCUT2D eigenvalue weighted by Gasteiger charge is -2.03. The van der Waals surface area contributed by atoms with Gasteiger partial charge in [-0.25, -0.2) is 4.39 Å². The predicted molar refractivity (Wildman–Crippen MR) is 43.7 cm³/mol. The van der Waals surface area contributed by atoms with Gasteiger partial charge < -0.3 is 10.8 Å². The van der Waals surface area contributed by atoms with Gasteiger partial charge in [0, 0.05) is 6.54 Å². The van der Waals surface area contributed by atoms with E-state index in [0.29, 0.717) is 10.0 Å². The Hall–Kier alpha value is -0.610. The molecule has 11 heavy (non-hydrogen) atoms. The highest BCUT2D eigenvalue weighted by Crippen LogP contribution is 2.29. The minimum absolute atomic E-state index is 0.272. The molecular weight excluding hydrogens is 213 g/mol. The summed E-state index contributed by atoms with van der Waals surface area (Å²) in [4.78, 5) is 0. The normalized spacial score (nSPS) is 10.1. The molecule has 0 atom stereocenters. The van der Waals surface area contributed by atoms with Gasteiger partial charge in [-0.2, -0.15) is 0 Å². The second-order valence-corrected chi connectivity index (χ2v) is 2.87. The van der Waals surface area contributed by atoms with Crippen LogP contribution in [0.4, 0.5) is 4.39 Å². The molecule has 0 saturated carbocycles. The molecule has 0 spiro atoms. The number of nitrogens with two attached hydrogens (primary N) is 1. The van der Waals surface area contributed by atoms with Crippen LogP contribution < -0.4 is 5.73 Å². The Kier molecular flexibility index (Phi) is 2.46. The van der Waals surface area contributed by atoms with Crippen molar-refractivity contribution in [3.8, 4) is 5.75 Å². The van der Waals surface area contributed by atoms with E-state index >= 15 is 0 Å². The summed E-state index contributed by atoms with van der Waals surface area (Å²) in [7, 11) is 0. The van der Waals surface area contributed by atoms with Crippen LogP contribution in [0.25, 0.3) is 0 Å². The number of hydrogen-bond acceptors (Lipinski definition) is 2. The summed E-state index contributed by atoms with van der Waals surface area (Å²) >= 11 is 3.02. The van der Waals surface area contributed by atoms with E-state index in [1.165, 1.54) is 12.1 Å². The molecule has 60 valence electrons. The SMILES string of the molecule is NCc1ccc(F)c(O)c1Br. The molecule has 0 aromatic heterocycles. The summed E-state index contributed by atoms with van der Waals surface area (Å²) in [5.41, 5.74) is 5.99. The van der Waals surface area contributed by atoms with Crippen LogP contribution in [0.5, 0.6) is 5.75 Å². The highest BCUT2D eigenvalue weighted by Gasteiger charge is 2.07. The van der Waals surface area contributed by atoms with Crippen LogP contribution in [-0.4, -0.2) is 5.11 Å². The van der Waals surface area contributed by atoms with E-state index in [1.54, 1.807) is 0 Å². The molecule has 1 aromatic rings. The summed E-state index contributed by atoms with van der Waals surface area (Å²) in [6, 6.07) is 2.71. The minimum Gasteiger partial charge on any atom is -0.504 e. The van der Waals surface area contributed by atoms with Gasteiger partial charge in [0.05, 0.1) is 4.47 Å². The zero-order valence-corrected chi connectivity index (χ0v) is 7.23. The number of halogens is 2. The zero-order chi connectivity index (χ0) is 8.43. The lowest BCUT2D eigenvalue weighted by molar-refractivity contribution is 0.428. The van der Waals surface area contributed by atoms with Crippen molar-refractivity contribution in [2.75, 3.05) is 0 Å². The number of rotatable bonds is 1. The molecule has 0 aliphatic rings. The topological polar surface area (TPSA) is 46.2 Å². The highest BCUT2D eigenvalue weighted by atomic mass is 79.9. The van der Waals surface area contributed by atoms with Crippen molar-refractivity contribution < 1.29 is 9.50 Å². The third kappa shape index (κ3) is 1.52. The molecule has 3 N–H and O–H groups in total. The van der Waals surface area contributed by atoms with Crippen molar-refractivity contribution in [3.63, 3.8) is 0 Å². The minimum atomic E-state index is -0.644. The van der Waals surface area contributed by atoms with Crippen molar-refractivity contribution in [1.82, 2.24) is 0 Å². The fourth-order valence-electron chi connectivity index (χ4n) is 0.740. The number of hydrogen-bond donors (Lipinski definition) is 2. The third-order valence-corrected chi connectivity index (χ3v) is 2.25. The van der Waals surface area contributed by atoms with E-state index in [9.17, 15) is 4.39 Å². The van der Waals surface area contributed by atoms with Gasteiger partial charge in [-0.1, -0.05) is 6.07 Å². The van der Waals surface area contributed by atoms with Gasteiger partial charge in [-0.3, -0.25) is 0 Å². The summed E-state index contributed by atoms with van der Waals surface area (Å²) in [5.74, 6) is -1.03. The predicted octanol–water partition coefficient (Wildman–Crippen LogP) is 1.75. The van der Waals surface area contributed by atoms with Gasteiger partial charge in [-0.05, 0) is 27.6 Å². The van der Waals surface area contributed by atoms with Gasteiger partial charge in [0.1, 0.15) is 0 Å². The molecule has 0 aliphatic carbocycles. The first-order valence-electron chi connectivity index (χ1n) is 3.02. The molecule has 1 aromatic carbocycles. The molecule has 0 fully saturated rings. The molecule has 0 radical (unpaired) electrons. The van der Waals surface area contributed by atoms with Crippen LogP contribution in [0.1, 0.15) is 5.56 Å². The standard InChI is InChI=1S/C7H7BrFNO/c8-6-4(3-10)1-2-5(9)7(6)11/h1-2,11H,3,10H2. The lowest BCUT2D eigenvalue weighted by atomic mass is 10.2. The van der Waals surface area contributed by atoms with Gasteiger partial charge in [0.25, 0.3) is 0 Å². The Morgan fingerprint density at radius 3 is 2.73 bits per heavy atom. The molecule has 0 aliphatic heterocycles. The summed E-state index contributed by atoms with van der Waals surface area (Å²) in [6.45, 7) is 0.272. The molecule has 1 rings (SSSR count). The smallest absolute Gasteiger partial charge is 0.166 e. The summed E-state index contributed by atoms with van der Waals surface area (Å²) < 4.78 is 12.9. The first-order valence-corrected chi connectivity index (χ1v) is 3.82. The van der Waals surface area contributed by atoms with E-state index < -0.39 is 5.82 Å². The molecule has 0 bridgehead atoms. The largest absolute Gasteiger partial charge is 0.504 e. The van der Waals surface area contributed by atoms with E-state index in [4.69, 9.17) is 10.8 Å². The van der Waals surface area contributed by atoms with Crippen LogP contribution in [0.3, 0.4) is 0 Å². The maximum atomic E-state index is 12.6. The zero-order valence-electron chi connectivity index (χ0n) is 5.64. The fourth-order valence-corrected chi connectivity index (χ4v) is 1.22. The van der Waals surface area contributed by atoms with Crippen LogP contribution in [0.15, 0.2) is 16.6 Å². The number of phenolic OH excluding ortho intramolecular Hbond substituents is 1. The summed E-state index contributed by atoms with van der Waals surface area (Å²) in [5, 5.41) is 9.04. The average molecular weight is 220 g/mol. The molecule has 2 nitrogen and oxygen atoms in total. The molecule has 0 amide bonds. The third-order valence-electron chi connectivity index (χ3n) is 1.37. The molecular formula is C7H7BrFNO. The Balaban J connectivity index is 3.25. The van der Waals surface area contributed by atoms with Gasteiger partial charge in [0.2, 0.25) is 0 Å². The van der Waals surface area contributed by atoms with Crippen LogP contribution in [0, 0.1) is 5.82 Å². The number of aromatic hydroxyl groups is 1. The first kappa shape index (κ1) is 8.49. The van der Waals surface area contributed by atoms with Crippen molar-refractivity contribution in [3.05, 3.63) is 28.0 Å². The lowest BCUT2D eigenvalue weighted by Crippen LogP contribution is -1.97. The van der Waals surface area contributed by atoms with Crippen molar-refractivity contribution in [1.29, 1.82) is 0 Å². The second-order valence-electron chi connectivity index (χ2n) is 2.07. The molecule has 0 heterocycles. The Morgan fingerprint density at radius 1 is 1.55 bits per heavy atom. The quantitative estimate of drug-likeness (QED) is 0.757. The molecule has 0 saturated heterocycles. The second kappa shape index (κ2) is 3.19. The van der Waals surface area contributed by atoms with Crippen molar-refractivity contribution >= 4 is 15.9 Å². The van der Waals surface area contributed by atoms with E-state index in [2.05, 4.69) is 15.9 Å². The van der Waals surface area contributed by atoms with E-state index in [1.807, 2.05) is 0 Å². The number of benzene rings is 1. The van der Waals surface area contributed by atoms with Crippen LogP contribution in [-0.2, 0) is 6.54 Å². The monoisotopic (exact) mass is 219 g/mol. The van der Waals surface area contributed by atoms with E-state index in [-0.39, 0.29) is 12.3 Å². The van der Waals surface area contributed by atoms with Gasteiger partial charge in [-0.15, -0.1) is 0 Å². The maximum absolute atomic E-state index is 12.6. The van der Waals surface area contributed by atoms with Gasteiger partial charge in [0.15, 0.2) is 11.6 Å². The molecule has 0 unspecified atom stereocenters. The van der Waals surface area contributed by atoms with Crippen LogP contribution in [0.2, 0.25) is 0 Å². The Labute approximate surface area is 72.0 Å². The maximum Gasteiger partial charge on any atom is 0.166 e. The first-order chi connectivity index (χ1) is 5.16.